The largest absolute Gasteiger partial charge is 0.416 e. The van der Waals surface area contributed by atoms with Crippen LogP contribution in [-0.4, -0.2) is 6.29 Å². The highest BCUT2D eigenvalue weighted by Crippen LogP contribution is 2.30. The standard InChI is InChI=1S/C9H8F3NO.ClH/c10-9(11,12)7-3-1-2-6(4-7)8(13)5-14;/h1-5,8H,13H2;1H. The molecule has 1 aromatic rings. The molecule has 0 heterocycles. The maximum absolute atomic E-state index is 12.2. The lowest BCUT2D eigenvalue weighted by molar-refractivity contribution is -0.137. The number of carbonyl (C=O) groups is 1. The Balaban J connectivity index is 0.00000196. The van der Waals surface area contributed by atoms with Crippen LogP contribution >= 0.6 is 12.4 Å². The van der Waals surface area contributed by atoms with Gasteiger partial charge < -0.3 is 10.5 Å². The number of rotatable bonds is 2. The molecule has 0 aromatic heterocycles. The Morgan fingerprint density at radius 2 is 1.93 bits per heavy atom. The Bertz CT molecular complexity index is 340. The van der Waals surface area contributed by atoms with Gasteiger partial charge in [-0.1, -0.05) is 12.1 Å². The van der Waals surface area contributed by atoms with Crippen molar-refractivity contribution in [3.63, 3.8) is 0 Å². The zero-order chi connectivity index (χ0) is 10.8. The molecule has 2 nitrogen and oxygen atoms in total. The first-order valence-electron chi connectivity index (χ1n) is 3.83. The fourth-order valence-electron chi connectivity index (χ4n) is 1.00. The van der Waals surface area contributed by atoms with E-state index in [1.165, 1.54) is 12.1 Å². The van der Waals surface area contributed by atoms with Crippen molar-refractivity contribution >= 4 is 18.7 Å². The van der Waals surface area contributed by atoms with Crippen molar-refractivity contribution in [3.05, 3.63) is 35.4 Å². The molecule has 6 heteroatoms. The average Bonchev–Trinajstić information content (AvgIpc) is 2.15. The van der Waals surface area contributed by atoms with E-state index in [9.17, 15) is 18.0 Å². The summed E-state index contributed by atoms with van der Waals surface area (Å²) in [5, 5.41) is 0. The number of halogens is 4. The number of benzene rings is 1. The van der Waals surface area contributed by atoms with Crippen LogP contribution in [0.5, 0.6) is 0 Å². The second kappa shape index (κ2) is 5.14. The van der Waals surface area contributed by atoms with Gasteiger partial charge in [0.05, 0.1) is 11.6 Å². The van der Waals surface area contributed by atoms with Crippen LogP contribution < -0.4 is 5.73 Å². The molecule has 0 aliphatic heterocycles. The smallest absolute Gasteiger partial charge is 0.318 e. The number of carbonyl (C=O) groups excluding carboxylic acids is 1. The molecule has 2 N–H and O–H groups in total. The Kier molecular flexibility index (Phi) is 4.77. The van der Waals surface area contributed by atoms with Gasteiger partial charge in [0, 0.05) is 0 Å². The van der Waals surface area contributed by atoms with Crippen molar-refractivity contribution in [1.82, 2.24) is 0 Å². The molecule has 0 bridgehead atoms. The summed E-state index contributed by atoms with van der Waals surface area (Å²) in [4.78, 5) is 10.3. The van der Waals surface area contributed by atoms with Gasteiger partial charge in [0.25, 0.3) is 0 Å². The second-order valence-corrected chi connectivity index (χ2v) is 2.79. The highest BCUT2D eigenvalue weighted by Gasteiger charge is 2.30. The zero-order valence-electron chi connectivity index (χ0n) is 7.49. The highest BCUT2D eigenvalue weighted by molar-refractivity contribution is 5.85. The SMILES string of the molecule is Cl.NC(C=O)c1cccc(C(F)(F)F)c1. The third kappa shape index (κ3) is 3.53. The van der Waals surface area contributed by atoms with Crippen LogP contribution in [0.25, 0.3) is 0 Å². The molecule has 1 rings (SSSR count). The van der Waals surface area contributed by atoms with Crippen LogP contribution in [0.4, 0.5) is 13.2 Å². The zero-order valence-corrected chi connectivity index (χ0v) is 8.31. The molecule has 0 fully saturated rings. The molecule has 1 atom stereocenters. The van der Waals surface area contributed by atoms with Crippen molar-refractivity contribution in [2.45, 2.75) is 12.2 Å². The number of hydrogen-bond acceptors (Lipinski definition) is 2. The van der Waals surface area contributed by atoms with E-state index in [1.54, 1.807) is 0 Å². The van der Waals surface area contributed by atoms with Gasteiger partial charge in [-0.3, -0.25) is 0 Å². The first kappa shape index (κ1) is 13.9. The Hall–Kier alpha value is -1.07. The van der Waals surface area contributed by atoms with Crippen LogP contribution in [0.1, 0.15) is 17.2 Å². The van der Waals surface area contributed by atoms with Crippen LogP contribution in [0, 0.1) is 0 Å². The summed E-state index contributed by atoms with van der Waals surface area (Å²) in [5.41, 5.74) is 4.63. The van der Waals surface area contributed by atoms with Gasteiger partial charge >= 0.3 is 6.18 Å². The van der Waals surface area contributed by atoms with E-state index in [4.69, 9.17) is 5.73 Å². The Labute approximate surface area is 90.7 Å². The lowest BCUT2D eigenvalue weighted by Gasteiger charge is -2.09. The van der Waals surface area contributed by atoms with Gasteiger partial charge in [0.1, 0.15) is 6.29 Å². The fourth-order valence-corrected chi connectivity index (χ4v) is 1.00. The Morgan fingerprint density at radius 3 is 2.40 bits per heavy atom. The quantitative estimate of drug-likeness (QED) is 0.805. The molecular formula is C9H9ClF3NO. The summed E-state index contributed by atoms with van der Waals surface area (Å²) in [6.07, 6.45) is -4.01. The third-order valence-electron chi connectivity index (χ3n) is 1.75. The van der Waals surface area contributed by atoms with Crippen molar-refractivity contribution in [1.29, 1.82) is 0 Å². The molecular weight excluding hydrogens is 231 g/mol. The molecule has 0 amide bonds. The molecule has 0 spiro atoms. The Morgan fingerprint density at radius 1 is 1.33 bits per heavy atom. The van der Waals surface area contributed by atoms with E-state index >= 15 is 0 Å². The minimum atomic E-state index is -4.40. The molecule has 0 aliphatic carbocycles. The van der Waals surface area contributed by atoms with Crippen molar-refractivity contribution < 1.29 is 18.0 Å². The van der Waals surface area contributed by atoms with Crippen LogP contribution in [0.2, 0.25) is 0 Å². The van der Waals surface area contributed by atoms with E-state index in [0.29, 0.717) is 6.29 Å². The van der Waals surface area contributed by atoms with Crippen LogP contribution in [0.15, 0.2) is 24.3 Å². The molecule has 0 saturated heterocycles. The molecule has 0 saturated carbocycles. The summed E-state index contributed by atoms with van der Waals surface area (Å²) >= 11 is 0. The average molecular weight is 240 g/mol. The van der Waals surface area contributed by atoms with Gasteiger partial charge in [-0.05, 0) is 17.7 Å². The minimum Gasteiger partial charge on any atom is -0.318 e. The van der Waals surface area contributed by atoms with Gasteiger partial charge in [-0.15, -0.1) is 12.4 Å². The highest BCUT2D eigenvalue weighted by atomic mass is 35.5. The number of aldehydes is 1. The number of hydrogen-bond donors (Lipinski definition) is 1. The molecule has 0 aliphatic rings. The maximum Gasteiger partial charge on any atom is 0.416 e. The predicted molar refractivity (Wildman–Crippen MR) is 51.7 cm³/mol. The topological polar surface area (TPSA) is 43.1 Å². The molecule has 84 valence electrons. The monoisotopic (exact) mass is 239 g/mol. The maximum atomic E-state index is 12.2. The predicted octanol–water partition coefficient (Wildman–Crippen LogP) is 2.33. The van der Waals surface area contributed by atoms with E-state index in [0.717, 1.165) is 12.1 Å². The summed E-state index contributed by atoms with van der Waals surface area (Å²) in [5.74, 6) is 0. The first-order chi connectivity index (χ1) is 6.45. The van der Waals surface area contributed by atoms with Gasteiger partial charge in [-0.2, -0.15) is 13.2 Å². The minimum absolute atomic E-state index is 0. The summed E-state index contributed by atoms with van der Waals surface area (Å²) in [6, 6.07) is 3.41. The van der Waals surface area contributed by atoms with Gasteiger partial charge in [0.2, 0.25) is 0 Å². The number of nitrogens with two attached hydrogens (primary N) is 1. The lowest BCUT2D eigenvalue weighted by Crippen LogP contribution is -2.13. The normalized spacial score (nSPS) is 12.8. The van der Waals surface area contributed by atoms with Gasteiger partial charge in [-0.25, -0.2) is 0 Å². The van der Waals surface area contributed by atoms with E-state index in [2.05, 4.69) is 0 Å². The number of alkyl halides is 3. The molecule has 0 radical (unpaired) electrons. The molecule has 1 aromatic carbocycles. The van der Waals surface area contributed by atoms with Crippen LogP contribution in [-0.2, 0) is 11.0 Å². The summed E-state index contributed by atoms with van der Waals surface area (Å²) in [7, 11) is 0. The van der Waals surface area contributed by atoms with E-state index < -0.39 is 17.8 Å². The summed E-state index contributed by atoms with van der Waals surface area (Å²) in [6.45, 7) is 0. The fraction of sp³-hybridized carbons (Fsp3) is 0.222. The first-order valence-corrected chi connectivity index (χ1v) is 3.83. The van der Waals surface area contributed by atoms with Crippen molar-refractivity contribution in [2.24, 2.45) is 5.73 Å². The summed E-state index contributed by atoms with van der Waals surface area (Å²) < 4.78 is 36.6. The van der Waals surface area contributed by atoms with Crippen LogP contribution in [0.3, 0.4) is 0 Å². The van der Waals surface area contributed by atoms with E-state index in [1.807, 2.05) is 0 Å². The van der Waals surface area contributed by atoms with Crippen molar-refractivity contribution in [3.8, 4) is 0 Å². The van der Waals surface area contributed by atoms with Crippen molar-refractivity contribution in [2.75, 3.05) is 0 Å². The lowest BCUT2D eigenvalue weighted by atomic mass is 10.1. The van der Waals surface area contributed by atoms with E-state index in [-0.39, 0.29) is 18.0 Å². The molecule has 1 unspecified atom stereocenters. The second-order valence-electron chi connectivity index (χ2n) is 2.79. The molecule has 15 heavy (non-hydrogen) atoms. The third-order valence-corrected chi connectivity index (χ3v) is 1.75. The van der Waals surface area contributed by atoms with Gasteiger partial charge in [0.15, 0.2) is 0 Å².